The van der Waals surface area contributed by atoms with Gasteiger partial charge in [0.25, 0.3) is 0 Å². The molecule has 0 radical (unpaired) electrons. The van der Waals surface area contributed by atoms with Crippen molar-refractivity contribution < 1.29 is 8.78 Å². The van der Waals surface area contributed by atoms with Crippen molar-refractivity contribution in [2.45, 2.75) is 24.4 Å². The van der Waals surface area contributed by atoms with Crippen molar-refractivity contribution in [2.75, 3.05) is 13.6 Å². The number of hydrogen-bond donors (Lipinski definition) is 1. The number of alkyl halides is 1. The Kier molecular flexibility index (Phi) is 2.74. The number of hydrogen-bond acceptors (Lipinski definition) is 1. The Morgan fingerprint density at radius 2 is 2.07 bits per heavy atom. The molecule has 1 fully saturated rings. The predicted molar refractivity (Wildman–Crippen MR) is 56.1 cm³/mol. The average Bonchev–Trinajstić information content (AvgIpc) is 2.16. The SMILES string of the molecule is CNCC1(c2ccccc2F)CC(F)C1. The van der Waals surface area contributed by atoms with Gasteiger partial charge in [0.2, 0.25) is 0 Å². The zero-order valence-corrected chi connectivity index (χ0v) is 8.76. The van der Waals surface area contributed by atoms with E-state index in [4.69, 9.17) is 0 Å². The standard InChI is InChI=1S/C12H15F2N/c1-15-8-12(6-9(13)7-12)10-4-2-3-5-11(10)14/h2-5,9,15H,6-8H2,1H3. The van der Waals surface area contributed by atoms with Crippen LogP contribution in [-0.2, 0) is 5.41 Å². The van der Waals surface area contributed by atoms with E-state index in [1.165, 1.54) is 6.07 Å². The van der Waals surface area contributed by atoms with Crippen LogP contribution in [0.4, 0.5) is 8.78 Å². The summed E-state index contributed by atoms with van der Waals surface area (Å²) in [6.07, 6.45) is 0.0711. The Labute approximate surface area is 88.5 Å². The monoisotopic (exact) mass is 211 g/mol. The fourth-order valence-electron chi connectivity index (χ4n) is 2.48. The molecule has 1 aromatic carbocycles. The third-order valence-electron chi connectivity index (χ3n) is 3.18. The quantitative estimate of drug-likeness (QED) is 0.809. The Morgan fingerprint density at radius 3 is 2.60 bits per heavy atom. The van der Waals surface area contributed by atoms with Crippen LogP contribution in [0, 0.1) is 5.82 Å². The number of benzene rings is 1. The zero-order valence-electron chi connectivity index (χ0n) is 8.76. The van der Waals surface area contributed by atoms with Gasteiger partial charge in [-0.2, -0.15) is 0 Å². The topological polar surface area (TPSA) is 12.0 Å². The van der Waals surface area contributed by atoms with E-state index in [0.717, 1.165) is 0 Å². The number of rotatable bonds is 3. The molecule has 82 valence electrons. The molecule has 0 bridgehead atoms. The van der Waals surface area contributed by atoms with Gasteiger partial charge in [0.05, 0.1) is 0 Å². The van der Waals surface area contributed by atoms with Gasteiger partial charge in [-0.15, -0.1) is 0 Å². The van der Waals surface area contributed by atoms with Gasteiger partial charge in [0.1, 0.15) is 12.0 Å². The second kappa shape index (κ2) is 3.89. The molecule has 1 N–H and O–H groups in total. The molecule has 0 heterocycles. The van der Waals surface area contributed by atoms with E-state index in [2.05, 4.69) is 5.32 Å². The fourth-order valence-corrected chi connectivity index (χ4v) is 2.48. The lowest BCUT2D eigenvalue weighted by atomic mass is 9.63. The van der Waals surface area contributed by atoms with Gasteiger partial charge in [-0.05, 0) is 31.5 Å². The van der Waals surface area contributed by atoms with Crippen molar-refractivity contribution in [3.8, 4) is 0 Å². The van der Waals surface area contributed by atoms with Crippen molar-refractivity contribution in [1.29, 1.82) is 0 Å². The van der Waals surface area contributed by atoms with E-state index in [9.17, 15) is 8.78 Å². The second-order valence-electron chi connectivity index (χ2n) is 4.30. The van der Waals surface area contributed by atoms with Gasteiger partial charge in [0.15, 0.2) is 0 Å². The number of nitrogens with one attached hydrogen (secondary N) is 1. The van der Waals surface area contributed by atoms with Crippen molar-refractivity contribution in [1.82, 2.24) is 5.32 Å². The van der Waals surface area contributed by atoms with Gasteiger partial charge in [0, 0.05) is 12.0 Å². The smallest absolute Gasteiger partial charge is 0.127 e. The maximum atomic E-state index is 13.6. The highest BCUT2D eigenvalue weighted by Crippen LogP contribution is 2.45. The van der Waals surface area contributed by atoms with E-state index >= 15 is 0 Å². The molecule has 3 heteroatoms. The van der Waals surface area contributed by atoms with Crippen LogP contribution in [0.25, 0.3) is 0 Å². The third-order valence-corrected chi connectivity index (χ3v) is 3.18. The lowest BCUT2D eigenvalue weighted by molar-refractivity contribution is 0.0911. The molecular formula is C12H15F2N. The van der Waals surface area contributed by atoms with Crippen LogP contribution in [0.5, 0.6) is 0 Å². The predicted octanol–water partition coefficient (Wildman–Crippen LogP) is 2.41. The van der Waals surface area contributed by atoms with Crippen molar-refractivity contribution in [3.63, 3.8) is 0 Å². The van der Waals surface area contributed by atoms with E-state index in [-0.39, 0.29) is 11.2 Å². The maximum absolute atomic E-state index is 13.6. The van der Waals surface area contributed by atoms with Crippen molar-refractivity contribution in [2.24, 2.45) is 0 Å². The molecule has 0 aromatic heterocycles. The van der Waals surface area contributed by atoms with Crippen molar-refractivity contribution >= 4 is 0 Å². The highest BCUT2D eigenvalue weighted by molar-refractivity contribution is 5.31. The van der Waals surface area contributed by atoms with Gasteiger partial charge in [-0.1, -0.05) is 18.2 Å². The zero-order chi connectivity index (χ0) is 10.9. The lowest BCUT2D eigenvalue weighted by Gasteiger charge is -2.44. The fraction of sp³-hybridized carbons (Fsp3) is 0.500. The summed E-state index contributed by atoms with van der Waals surface area (Å²) in [6, 6.07) is 6.68. The molecule has 1 aromatic rings. The molecule has 0 saturated heterocycles. The molecule has 0 unspecified atom stereocenters. The van der Waals surface area contributed by atoms with E-state index in [0.29, 0.717) is 24.9 Å². The van der Waals surface area contributed by atoms with E-state index in [1.807, 2.05) is 7.05 Å². The summed E-state index contributed by atoms with van der Waals surface area (Å²) >= 11 is 0. The Balaban J connectivity index is 2.30. The molecule has 0 aliphatic heterocycles. The number of likely N-dealkylation sites (N-methyl/N-ethyl adjacent to an activating group) is 1. The molecule has 0 amide bonds. The molecular weight excluding hydrogens is 196 g/mol. The minimum atomic E-state index is -0.780. The average molecular weight is 211 g/mol. The highest BCUT2D eigenvalue weighted by Gasteiger charge is 2.46. The molecule has 2 rings (SSSR count). The molecule has 1 aliphatic carbocycles. The number of halogens is 2. The van der Waals surface area contributed by atoms with Gasteiger partial charge >= 0.3 is 0 Å². The third kappa shape index (κ3) is 1.76. The normalized spacial score (nSPS) is 29.9. The van der Waals surface area contributed by atoms with Crippen LogP contribution in [-0.4, -0.2) is 19.8 Å². The minimum Gasteiger partial charge on any atom is -0.319 e. The van der Waals surface area contributed by atoms with Crippen LogP contribution < -0.4 is 5.32 Å². The first-order chi connectivity index (χ1) is 7.18. The van der Waals surface area contributed by atoms with Crippen LogP contribution >= 0.6 is 0 Å². The first-order valence-electron chi connectivity index (χ1n) is 5.22. The minimum absolute atomic E-state index is 0.223. The molecule has 1 nitrogen and oxygen atoms in total. The maximum Gasteiger partial charge on any atom is 0.127 e. The van der Waals surface area contributed by atoms with E-state index < -0.39 is 6.17 Å². The van der Waals surface area contributed by atoms with Crippen LogP contribution in [0.2, 0.25) is 0 Å². The van der Waals surface area contributed by atoms with Gasteiger partial charge in [-0.3, -0.25) is 0 Å². The van der Waals surface area contributed by atoms with E-state index in [1.54, 1.807) is 18.2 Å². The Hall–Kier alpha value is -0.960. The van der Waals surface area contributed by atoms with Crippen LogP contribution in [0.1, 0.15) is 18.4 Å². The van der Waals surface area contributed by atoms with Crippen LogP contribution in [0.15, 0.2) is 24.3 Å². The molecule has 15 heavy (non-hydrogen) atoms. The summed E-state index contributed by atoms with van der Waals surface area (Å²) < 4.78 is 26.6. The lowest BCUT2D eigenvalue weighted by Crippen LogP contribution is -2.49. The molecule has 1 saturated carbocycles. The summed E-state index contributed by atoms with van der Waals surface area (Å²) in [7, 11) is 1.81. The summed E-state index contributed by atoms with van der Waals surface area (Å²) in [6.45, 7) is 0.633. The highest BCUT2D eigenvalue weighted by atomic mass is 19.1. The first-order valence-corrected chi connectivity index (χ1v) is 5.22. The molecule has 1 aliphatic rings. The molecule has 0 atom stereocenters. The Bertz CT molecular complexity index is 340. The first kappa shape index (κ1) is 10.6. The second-order valence-corrected chi connectivity index (χ2v) is 4.30. The summed E-state index contributed by atoms with van der Waals surface area (Å²) in [5.41, 5.74) is 0.313. The molecule has 0 spiro atoms. The van der Waals surface area contributed by atoms with Gasteiger partial charge in [-0.25, -0.2) is 8.78 Å². The van der Waals surface area contributed by atoms with Crippen LogP contribution in [0.3, 0.4) is 0 Å². The summed E-state index contributed by atoms with van der Waals surface area (Å²) in [5, 5.41) is 3.02. The summed E-state index contributed by atoms with van der Waals surface area (Å²) in [4.78, 5) is 0. The van der Waals surface area contributed by atoms with Crippen molar-refractivity contribution in [3.05, 3.63) is 35.6 Å². The summed E-state index contributed by atoms with van der Waals surface area (Å²) in [5.74, 6) is -0.223. The van der Waals surface area contributed by atoms with Gasteiger partial charge < -0.3 is 5.32 Å². The Morgan fingerprint density at radius 1 is 1.40 bits per heavy atom. The largest absolute Gasteiger partial charge is 0.319 e.